The monoisotopic (exact) mass is 189 g/mol. The lowest BCUT2D eigenvalue weighted by atomic mass is 9.92. The molecule has 0 saturated carbocycles. The van der Waals surface area contributed by atoms with Gasteiger partial charge < -0.3 is 5.32 Å². The van der Waals surface area contributed by atoms with Crippen LogP contribution in [0.3, 0.4) is 0 Å². The van der Waals surface area contributed by atoms with Crippen molar-refractivity contribution in [3.8, 4) is 0 Å². The Morgan fingerprint density at radius 1 is 1.43 bits per heavy atom. The summed E-state index contributed by atoms with van der Waals surface area (Å²) in [5, 5.41) is 3.18. The highest BCUT2D eigenvalue weighted by Gasteiger charge is 2.21. The van der Waals surface area contributed by atoms with Gasteiger partial charge in [-0.3, -0.25) is 4.79 Å². The fraction of sp³-hybridized carbons (Fsp3) is 0.417. The largest absolute Gasteiger partial charge is 0.316 e. The van der Waals surface area contributed by atoms with E-state index < -0.39 is 0 Å². The van der Waals surface area contributed by atoms with E-state index in [-0.39, 0.29) is 5.78 Å². The summed E-state index contributed by atoms with van der Waals surface area (Å²) >= 11 is 0. The Morgan fingerprint density at radius 3 is 2.71 bits per heavy atom. The molecule has 1 aliphatic heterocycles. The van der Waals surface area contributed by atoms with E-state index in [0.29, 0.717) is 12.3 Å². The van der Waals surface area contributed by atoms with Crippen LogP contribution in [-0.2, 0) is 0 Å². The molecule has 0 unspecified atom stereocenters. The smallest absolute Gasteiger partial charge is 0.163 e. The lowest BCUT2D eigenvalue weighted by Gasteiger charge is -2.26. The Morgan fingerprint density at radius 2 is 2.14 bits per heavy atom. The van der Waals surface area contributed by atoms with Gasteiger partial charge in [-0.15, -0.1) is 0 Å². The number of Topliss-reactive ketones (excluding diaryl/α,β-unsaturated/α-hetero) is 1. The third kappa shape index (κ3) is 1.85. The van der Waals surface area contributed by atoms with Crippen molar-refractivity contribution in [2.45, 2.75) is 13.3 Å². The molecule has 0 bridgehead atoms. The minimum absolute atomic E-state index is 0.287. The van der Waals surface area contributed by atoms with Crippen molar-refractivity contribution in [3.63, 3.8) is 0 Å². The SMILES string of the molecule is Cc1ccccc1C(=O)CC1CNC1. The molecule has 2 nitrogen and oxygen atoms in total. The Bertz CT molecular complexity index is 342. The third-order valence-corrected chi connectivity index (χ3v) is 2.79. The van der Waals surface area contributed by atoms with Gasteiger partial charge in [-0.05, 0) is 31.5 Å². The van der Waals surface area contributed by atoms with E-state index in [1.54, 1.807) is 0 Å². The Kier molecular flexibility index (Phi) is 2.64. The first kappa shape index (κ1) is 9.41. The van der Waals surface area contributed by atoms with Crippen molar-refractivity contribution < 1.29 is 4.79 Å². The van der Waals surface area contributed by atoms with Gasteiger partial charge in [0.05, 0.1) is 0 Å². The second-order valence-corrected chi connectivity index (χ2v) is 3.97. The number of carbonyl (C=O) groups is 1. The van der Waals surface area contributed by atoms with Crippen LogP contribution in [0.5, 0.6) is 0 Å². The number of benzene rings is 1. The van der Waals surface area contributed by atoms with E-state index in [1.807, 2.05) is 31.2 Å². The van der Waals surface area contributed by atoms with Gasteiger partial charge in [0.1, 0.15) is 0 Å². The summed E-state index contributed by atoms with van der Waals surface area (Å²) in [6, 6.07) is 7.81. The summed E-state index contributed by atoms with van der Waals surface area (Å²) < 4.78 is 0. The van der Waals surface area contributed by atoms with Gasteiger partial charge >= 0.3 is 0 Å². The van der Waals surface area contributed by atoms with Crippen molar-refractivity contribution in [1.82, 2.24) is 5.32 Å². The zero-order valence-electron chi connectivity index (χ0n) is 8.42. The van der Waals surface area contributed by atoms with Crippen molar-refractivity contribution in [2.75, 3.05) is 13.1 Å². The molecule has 1 heterocycles. The van der Waals surface area contributed by atoms with Gasteiger partial charge in [-0.1, -0.05) is 24.3 Å². The average molecular weight is 189 g/mol. The molecule has 2 rings (SSSR count). The quantitative estimate of drug-likeness (QED) is 0.734. The lowest BCUT2D eigenvalue weighted by Crippen LogP contribution is -2.42. The lowest BCUT2D eigenvalue weighted by molar-refractivity contribution is 0.0945. The second-order valence-electron chi connectivity index (χ2n) is 3.97. The third-order valence-electron chi connectivity index (χ3n) is 2.79. The minimum Gasteiger partial charge on any atom is -0.316 e. The Hall–Kier alpha value is -1.15. The second kappa shape index (κ2) is 3.93. The Labute approximate surface area is 84.3 Å². The molecule has 0 spiro atoms. The zero-order chi connectivity index (χ0) is 9.97. The molecule has 0 aliphatic carbocycles. The number of hydrogen-bond acceptors (Lipinski definition) is 2. The zero-order valence-corrected chi connectivity index (χ0v) is 8.42. The first-order valence-electron chi connectivity index (χ1n) is 5.07. The first-order chi connectivity index (χ1) is 6.77. The summed E-state index contributed by atoms with van der Waals surface area (Å²) in [6.07, 6.45) is 0.692. The maximum Gasteiger partial charge on any atom is 0.163 e. The molecule has 0 amide bonds. The minimum atomic E-state index is 0.287. The van der Waals surface area contributed by atoms with Crippen LogP contribution in [0.1, 0.15) is 22.3 Å². The van der Waals surface area contributed by atoms with Crippen LogP contribution >= 0.6 is 0 Å². The maximum atomic E-state index is 11.8. The predicted octanol–water partition coefficient (Wildman–Crippen LogP) is 1.79. The molecule has 1 aromatic carbocycles. The highest BCUT2D eigenvalue weighted by molar-refractivity contribution is 5.97. The van der Waals surface area contributed by atoms with E-state index in [1.165, 1.54) is 0 Å². The molecule has 14 heavy (non-hydrogen) atoms. The number of rotatable bonds is 3. The number of hydrogen-bond donors (Lipinski definition) is 1. The number of aryl methyl sites for hydroxylation is 1. The van der Waals surface area contributed by atoms with Crippen LogP contribution in [0, 0.1) is 12.8 Å². The van der Waals surface area contributed by atoms with Crippen molar-refractivity contribution in [2.24, 2.45) is 5.92 Å². The molecular weight excluding hydrogens is 174 g/mol. The van der Waals surface area contributed by atoms with Crippen molar-refractivity contribution in [1.29, 1.82) is 0 Å². The fourth-order valence-corrected chi connectivity index (χ4v) is 1.75. The number of carbonyl (C=O) groups excluding carboxylic acids is 1. The highest BCUT2D eigenvalue weighted by atomic mass is 16.1. The molecular formula is C12H15NO. The summed E-state index contributed by atoms with van der Waals surface area (Å²) in [5.74, 6) is 0.844. The van der Waals surface area contributed by atoms with Crippen LogP contribution in [0.25, 0.3) is 0 Å². The van der Waals surface area contributed by atoms with Gasteiger partial charge in [0.2, 0.25) is 0 Å². The van der Waals surface area contributed by atoms with E-state index >= 15 is 0 Å². The van der Waals surface area contributed by atoms with Crippen molar-refractivity contribution >= 4 is 5.78 Å². The summed E-state index contributed by atoms with van der Waals surface area (Å²) in [7, 11) is 0. The van der Waals surface area contributed by atoms with E-state index in [9.17, 15) is 4.79 Å². The first-order valence-corrected chi connectivity index (χ1v) is 5.07. The van der Waals surface area contributed by atoms with Crippen molar-refractivity contribution in [3.05, 3.63) is 35.4 Å². The molecule has 1 saturated heterocycles. The molecule has 0 aromatic heterocycles. The van der Waals surface area contributed by atoms with Crippen LogP contribution in [0.15, 0.2) is 24.3 Å². The van der Waals surface area contributed by atoms with Gasteiger partial charge in [0.25, 0.3) is 0 Å². The number of nitrogens with one attached hydrogen (secondary N) is 1. The van der Waals surface area contributed by atoms with Crippen LogP contribution in [0.2, 0.25) is 0 Å². The van der Waals surface area contributed by atoms with E-state index in [0.717, 1.165) is 24.2 Å². The summed E-state index contributed by atoms with van der Waals surface area (Å²) in [5.41, 5.74) is 1.98. The average Bonchev–Trinajstić information content (AvgIpc) is 2.12. The highest BCUT2D eigenvalue weighted by Crippen LogP contribution is 2.15. The molecule has 0 radical (unpaired) electrons. The molecule has 1 aromatic rings. The molecule has 2 heteroatoms. The number of ketones is 1. The van der Waals surface area contributed by atoms with Gasteiger partial charge in [0.15, 0.2) is 5.78 Å². The van der Waals surface area contributed by atoms with E-state index in [4.69, 9.17) is 0 Å². The van der Waals surface area contributed by atoms with Crippen LogP contribution < -0.4 is 5.32 Å². The molecule has 1 fully saturated rings. The molecule has 74 valence electrons. The predicted molar refractivity (Wildman–Crippen MR) is 56.5 cm³/mol. The maximum absolute atomic E-state index is 11.8. The summed E-state index contributed by atoms with van der Waals surface area (Å²) in [4.78, 5) is 11.8. The van der Waals surface area contributed by atoms with Gasteiger partial charge in [-0.25, -0.2) is 0 Å². The normalized spacial score (nSPS) is 16.4. The van der Waals surface area contributed by atoms with Gasteiger partial charge in [-0.2, -0.15) is 0 Å². The molecule has 0 atom stereocenters. The molecule has 1 aliphatic rings. The van der Waals surface area contributed by atoms with Crippen LogP contribution in [0.4, 0.5) is 0 Å². The summed E-state index contributed by atoms with van der Waals surface area (Å²) in [6.45, 7) is 3.99. The fourth-order valence-electron chi connectivity index (χ4n) is 1.75. The van der Waals surface area contributed by atoms with Crippen LogP contribution in [-0.4, -0.2) is 18.9 Å². The van der Waals surface area contributed by atoms with E-state index in [2.05, 4.69) is 5.32 Å². The Balaban J connectivity index is 2.06. The van der Waals surface area contributed by atoms with Gasteiger partial charge in [0, 0.05) is 12.0 Å². The standard InChI is InChI=1S/C12H15NO/c1-9-4-2-3-5-11(9)12(14)6-10-7-13-8-10/h2-5,10,13H,6-8H2,1H3. The topological polar surface area (TPSA) is 29.1 Å². The molecule has 1 N–H and O–H groups in total.